The molecule has 23 heavy (non-hydrogen) atoms. The Hall–Kier alpha value is -1.94. The molecule has 0 amide bonds. The lowest BCUT2D eigenvalue weighted by molar-refractivity contribution is 0.124. The van der Waals surface area contributed by atoms with E-state index in [4.69, 9.17) is 4.74 Å². The smallest absolute Gasteiger partial charge is 0.119 e. The van der Waals surface area contributed by atoms with Crippen molar-refractivity contribution in [1.29, 1.82) is 0 Å². The van der Waals surface area contributed by atoms with Gasteiger partial charge in [0.15, 0.2) is 0 Å². The molecule has 1 aromatic heterocycles. The van der Waals surface area contributed by atoms with Crippen LogP contribution < -0.4 is 4.74 Å². The Labute approximate surface area is 138 Å². The van der Waals surface area contributed by atoms with Crippen LogP contribution in [0.25, 0.3) is 0 Å². The number of aryl methyl sites for hydroxylation is 2. The number of ether oxygens (including phenoxy) is 1. The van der Waals surface area contributed by atoms with Crippen LogP contribution in [-0.2, 0) is 6.54 Å². The Kier molecular flexibility index (Phi) is 5.23. The van der Waals surface area contributed by atoms with E-state index in [1.807, 2.05) is 31.5 Å². The third-order valence-electron chi connectivity index (χ3n) is 4.30. The second kappa shape index (κ2) is 7.55. The topological polar surface area (TPSA) is 38.2 Å². The lowest BCUT2D eigenvalue weighted by Gasteiger charge is -2.32. The zero-order chi connectivity index (χ0) is 16.1. The van der Waals surface area contributed by atoms with Crippen LogP contribution >= 0.6 is 0 Å². The van der Waals surface area contributed by atoms with Crippen molar-refractivity contribution in [3.05, 3.63) is 53.6 Å². The van der Waals surface area contributed by atoms with Gasteiger partial charge in [0.2, 0.25) is 0 Å². The third kappa shape index (κ3) is 4.76. The monoisotopic (exact) mass is 311 g/mol. The van der Waals surface area contributed by atoms with Gasteiger partial charge in [-0.2, -0.15) is 0 Å². The van der Waals surface area contributed by atoms with E-state index in [9.17, 15) is 0 Å². The molecular weight excluding hydrogens is 286 g/mol. The average Bonchev–Trinajstić information content (AvgIpc) is 2.56. The van der Waals surface area contributed by atoms with Crippen LogP contribution in [0.1, 0.15) is 29.8 Å². The molecule has 0 spiro atoms. The second-order valence-corrected chi connectivity index (χ2v) is 6.52. The van der Waals surface area contributed by atoms with Crippen molar-refractivity contribution < 1.29 is 4.74 Å². The highest BCUT2D eigenvalue weighted by Gasteiger charge is 2.21. The summed E-state index contributed by atoms with van der Waals surface area (Å²) >= 11 is 0. The minimum atomic E-state index is 0.586. The van der Waals surface area contributed by atoms with E-state index in [-0.39, 0.29) is 0 Å². The molecule has 1 aromatic carbocycles. The van der Waals surface area contributed by atoms with Gasteiger partial charge in [-0.3, -0.25) is 14.9 Å². The molecule has 0 unspecified atom stereocenters. The highest BCUT2D eigenvalue weighted by Crippen LogP contribution is 2.20. The SMILES string of the molecule is Cc1cccc(OC[C@H]2CCCN(Cc3cnc(C)cn3)C2)c1. The van der Waals surface area contributed by atoms with Gasteiger partial charge in [0.1, 0.15) is 5.75 Å². The molecule has 1 fully saturated rings. The number of hydrogen-bond acceptors (Lipinski definition) is 4. The number of aromatic nitrogens is 2. The Morgan fingerprint density at radius 2 is 2.13 bits per heavy atom. The van der Waals surface area contributed by atoms with Crippen molar-refractivity contribution in [1.82, 2.24) is 14.9 Å². The molecule has 1 aliphatic heterocycles. The first kappa shape index (κ1) is 15.9. The molecule has 1 atom stereocenters. The Balaban J connectivity index is 1.50. The number of rotatable bonds is 5. The molecule has 1 saturated heterocycles. The molecule has 0 saturated carbocycles. The number of nitrogens with zero attached hydrogens (tertiary/aromatic N) is 3. The second-order valence-electron chi connectivity index (χ2n) is 6.52. The summed E-state index contributed by atoms with van der Waals surface area (Å²) in [7, 11) is 0. The fourth-order valence-corrected chi connectivity index (χ4v) is 3.08. The van der Waals surface area contributed by atoms with Crippen molar-refractivity contribution in [3.8, 4) is 5.75 Å². The molecule has 4 nitrogen and oxygen atoms in total. The maximum Gasteiger partial charge on any atom is 0.119 e. The van der Waals surface area contributed by atoms with E-state index >= 15 is 0 Å². The summed E-state index contributed by atoms with van der Waals surface area (Å²) < 4.78 is 5.99. The van der Waals surface area contributed by atoms with E-state index in [0.29, 0.717) is 5.92 Å². The summed E-state index contributed by atoms with van der Waals surface area (Å²) in [6.07, 6.45) is 6.20. The van der Waals surface area contributed by atoms with Gasteiger partial charge in [-0.05, 0) is 50.9 Å². The van der Waals surface area contributed by atoms with E-state index in [1.165, 1.54) is 18.4 Å². The van der Waals surface area contributed by atoms with Crippen LogP contribution in [0.2, 0.25) is 0 Å². The highest BCUT2D eigenvalue weighted by molar-refractivity contribution is 5.27. The fraction of sp³-hybridized carbons (Fsp3) is 0.474. The molecule has 4 heteroatoms. The summed E-state index contributed by atoms with van der Waals surface area (Å²) in [5, 5.41) is 0. The third-order valence-corrected chi connectivity index (χ3v) is 4.30. The summed E-state index contributed by atoms with van der Waals surface area (Å²) in [5.74, 6) is 1.56. The fourth-order valence-electron chi connectivity index (χ4n) is 3.08. The molecular formula is C19H25N3O. The van der Waals surface area contributed by atoms with Gasteiger partial charge in [-0.1, -0.05) is 12.1 Å². The van der Waals surface area contributed by atoms with Gasteiger partial charge >= 0.3 is 0 Å². The van der Waals surface area contributed by atoms with Gasteiger partial charge in [0.25, 0.3) is 0 Å². The summed E-state index contributed by atoms with van der Waals surface area (Å²) in [6, 6.07) is 8.28. The summed E-state index contributed by atoms with van der Waals surface area (Å²) in [6.45, 7) is 7.94. The quantitative estimate of drug-likeness (QED) is 0.848. The van der Waals surface area contributed by atoms with E-state index in [2.05, 4.69) is 33.9 Å². The molecule has 2 aromatic rings. The summed E-state index contributed by atoms with van der Waals surface area (Å²) in [5.41, 5.74) is 3.26. The molecule has 1 aliphatic rings. The van der Waals surface area contributed by atoms with Crippen molar-refractivity contribution >= 4 is 0 Å². The minimum Gasteiger partial charge on any atom is -0.493 e. The highest BCUT2D eigenvalue weighted by atomic mass is 16.5. The number of piperidine rings is 1. The predicted molar refractivity (Wildman–Crippen MR) is 91.4 cm³/mol. The Bertz CT molecular complexity index is 627. The number of likely N-dealkylation sites (tertiary alicyclic amines) is 1. The Morgan fingerprint density at radius 1 is 1.22 bits per heavy atom. The van der Waals surface area contributed by atoms with Gasteiger partial charge in [0, 0.05) is 31.4 Å². The van der Waals surface area contributed by atoms with Crippen molar-refractivity contribution in [2.24, 2.45) is 5.92 Å². The molecule has 3 rings (SSSR count). The molecule has 0 aliphatic carbocycles. The van der Waals surface area contributed by atoms with Gasteiger partial charge in [-0.15, -0.1) is 0 Å². The van der Waals surface area contributed by atoms with Gasteiger partial charge < -0.3 is 4.74 Å². The largest absolute Gasteiger partial charge is 0.493 e. The zero-order valence-corrected chi connectivity index (χ0v) is 14.0. The normalized spacial score (nSPS) is 18.8. The van der Waals surface area contributed by atoms with E-state index in [1.54, 1.807) is 0 Å². The molecule has 122 valence electrons. The average molecular weight is 311 g/mol. The van der Waals surface area contributed by atoms with Crippen molar-refractivity contribution in [2.75, 3.05) is 19.7 Å². The molecule has 0 radical (unpaired) electrons. The molecule has 0 bridgehead atoms. The summed E-state index contributed by atoms with van der Waals surface area (Å²) in [4.78, 5) is 11.3. The lowest BCUT2D eigenvalue weighted by Crippen LogP contribution is -2.37. The number of benzene rings is 1. The predicted octanol–water partition coefficient (Wildman–Crippen LogP) is 3.38. The molecule has 2 heterocycles. The van der Waals surface area contributed by atoms with Crippen molar-refractivity contribution in [2.45, 2.75) is 33.2 Å². The van der Waals surface area contributed by atoms with Crippen LogP contribution in [-0.4, -0.2) is 34.6 Å². The van der Waals surface area contributed by atoms with Crippen LogP contribution in [0.4, 0.5) is 0 Å². The first-order chi connectivity index (χ1) is 11.2. The van der Waals surface area contributed by atoms with Crippen LogP contribution in [0, 0.1) is 19.8 Å². The maximum absolute atomic E-state index is 5.99. The van der Waals surface area contributed by atoms with Crippen LogP contribution in [0.5, 0.6) is 5.75 Å². The van der Waals surface area contributed by atoms with Gasteiger partial charge in [-0.25, -0.2) is 0 Å². The van der Waals surface area contributed by atoms with Gasteiger partial charge in [0.05, 0.1) is 18.0 Å². The lowest BCUT2D eigenvalue weighted by atomic mass is 9.99. The van der Waals surface area contributed by atoms with Crippen LogP contribution in [0.3, 0.4) is 0 Å². The first-order valence-electron chi connectivity index (χ1n) is 8.38. The number of hydrogen-bond donors (Lipinski definition) is 0. The first-order valence-corrected chi connectivity index (χ1v) is 8.38. The minimum absolute atomic E-state index is 0.586. The van der Waals surface area contributed by atoms with E-state index in [0.717, 1.165) is 43.4 Å². The standard InChI is InChI=1S/C19H25N3O/c1-15-5-3-7-19(9-15)23-14-17-6-4-8-22(12-17)13-18-11-20-16(2)10-21-18/h3,5,7,9-11,17H,4,6,8,12-14H2,1-2H3/t17-/m0/s1. The van der Waals surface area contributed by atoms with Crippen molar-refractivity contribution in [3.63, 3.8) is 0 Å². The molecule has 0 N–H and O–H groups in total. The van der Waals surface area contributed by atoms with E-state index < -0.39 is 0 Å². The Morgan fingerprint density at radius 3 is 2.91 bits per heavy atom. The maximum atomic E-state index is 5.99. The zero-order valence-electron chi connectivity index (χ0n) is 14.0. The van der Waals surface area contributed by atoms with Crippen LogP contribution in [0.15, 0.2) is 36.7 Å².